The number of nitrogens with zero attached hydrogens (tertiary/aromatic N) is 1. The molecule has 1 saturated heterocycles. The van der Waals surface area contributed by atoms with Crippen LogP contribution in [0.25, 0.3) is 0 Å². The Morgan fingerprint density at radius 3 is 2.82 bits per heavy atom. The van der Waals surface area contributed by atoms with Crippen molar-refractivity contribution < 1.29 is 17.5 Å². The van der Waals surface area contributed by atoms with Crippen molar-refractivity contribution in [3.8, 4) is 5.75 Å². The Labute approximate surface area is 183 Å². The number of aliphatic imine (C=N–C) groups is 1. The molecule has 0 saturated carbocycles. The maximum atomic E-state index is 13.7. The Morgan fingerprint density at radius 1 is 1.36 bits per heavy atom. The molecule has 0 aliphatic carbocycles. The Bertz CT molecular complexity index is 802. The van der Waals surface area contributed by atoms with E-state index in [9.17, 15) is 12.8 Å². The number of rotatable bonds is 5. The van der Waals surface area contributed by atoms with Crippen LogP contribution < -0.4 is 15.4 Å². The number of guanidine groups is 1. The number of sulfone groups is 1. The molecule has 1 aromatic carbocycles. The zero-order valence-electron chi connectivity index (χ0n) is 16.3. The van der Waals surface area contributed by atoms with E-state index in [1.807, 2.05) is 0 Å². The number of fused-ring (bicyclic) bond motifs is 1. The summed E-state index contributed by atoms with van der Waals surface area (Å²) in [5, 5.41) is 6.67. The van der Waals surface area contributed by atoms with Crippen LogP contribution in [0.15, 0.2) is 23.2 Å². The van der Waals surface area contributed by atoms with Crippen molar-refractivity contribution in [2.24, 2.45) is 16.8 Å². The quantitative estimate of drug-likeness (QED) is 0.351. The van der Waals surface area contributed by atoms with Gasteiger partial charge in [-0.1, -0.05) is 13.8 Å². The van der Waals surface area contributed by atoms with Gasteiger partial charge in [-0.2, -0.15) is 0 Å². The summed E-state index contributed by atoms with van der Waals surface area (Å²) in [4.78, 5) is 4.62. The van der Waals surface area contributed by atoms with Crippen molar-refractivity contribution in [2.45, 2.75) is 32.7 Å². The van der Waals surface area contributed by atoms with Gasteiger partial charge < -0.3 is 15.4 Å². The van der Waals surface area contributed by atoms with Crippen LogP contribution in [0.2, 0.25) is 0 Å². The molecule has 0 aromatic heterocycles. The van der Waals surface area contributed by atoms with Gasteiger partial charge in [0.05, 0.1) is 24.2 Å². The Balaban J connectivity index is 0.00000280. The molecule has 2 heterocycles. The zero-order valence-corrected chi connectivity index (χ0v) is 19.4. The average molecular weight is 525 g/mol. The molecule has 1 aromatic rings. The molecule has 2 atom stereocenters. The fourth-order valence-electron chi connectivity index (χ4n) is 3.38. The van der Waals surface area contributed by atoms with Crippen molar-refractivity contribution >= 4 is 39.8 Å². The van der Waals surface area contributed by atoms with Gasteiger partial charge in [-0.05, 0) is 36.5 Å². The molecule has 2 unspecified atom stereocenters. The first kappa shape index (κ1) is 23.2. The summed E-state index contributed by atoms with van der Waals surface area (Å²) in [7, 11) is -2.90. The number of nitrogens with one attached hydrogen (secondary N) is 2. The first-order chi connectivity index (χ1) is 12.8. The maximum absolute atomic E-state index is 13.7. The second-order valence-electron chi connectivity index (χ2n) is 7.75. The molecule has 2 aliphatic heterocycles. The fourth-order valence-corrected chi connectivity index (χ4v) is 5.24. The molecule has 3 rings (SSSR count). The lowest BCUT2D eigenvalue weighted by Crippen LogP contribution is -2.43. The number of halogens is 2. The van der Waals surface area contributed by atoms with Crippen LogP contribution in [0.4, 0.5) is 4.39 Å². The monoisotopic (exact) mass is 525 g/mol. The van der Waals surface area contributed by atoms with Gasteiger partial charge in [0, 0.05) is 25.1 Å². The third kappa shape index (κ3) is 6.47. The molecule has 2 aliphatic rings. The first-order valence-corrected chi connectivity index (χ1v) is 11.3. The minimum atomic E-state index is -2.90. The standard InChI is InChI=1S/C19H28FN3O3S.HI/c1-13(2)10-21-19(22-11-14-6-8-27(24,25)12-14)23-17-5-7-26-18-4-3-15(20)9-16(17)18;/h3-4,9,13-14,17H,5-8,10-12H2,1-2H3,(H2,21,22,23);1H. The molecule has 0 spiro atoms. The van der Waals surface area contributed by atoms with E-state index in [-0.39, 0.29) is 53.3 Å². The minimum absolute atomic E-state index is 0. The van der Waals surface area contributed by atoms with Crippen molar-refractivity contribution in [1.29, 1.82) is 0 Å². The molecule has 6 nitrogen and oxygen atoms in total. The number of hydrogen-bond acceptors (Lipinski definition) is 4. The van der Waals surface area contributed by atoms with Crippen LogP contribution in [0, 0.1) is 17.7 Å². The van der Waals surface area contributed by atoms with Gasteiger partial charge in [-0.3, -0.25) is 4.99 Å². The van der Waals surface area contributed by atoms with E-state index in [0.29, 0.717) is 50.2 Å². The van der Waals surface area contributed by atoms with Crippen molar-refractivity contribution in [3.05, 3.63) is 29.6 Å². The van der Waals surface area contributed by atoms with Crippen LogP contribution in [0.1, 0.15) is 38.3 Å². The summed E-state index contributed by atoms with van der Waals surface area (Å²) in [6.07, 6.45) is 1.38. The van der Waals surface area contributed by atoms with Crippen LogP contribution >= 0.6 is 24.0 Å². The lowest BCUT2D eigenvalue weighted by Gasteiger charge is -2.28. The SMILES string of the molecule is CC(C)CN=C(NCC1CCS(=O)(=O)C1)NC1CCOc2ccc(F)cc21.I. The van der Waals surface area contributed by atoms with Crippen molar-refractivity contribution in [1.82, 2.24) is 10.6 Å². The highest BCUT2D eigenvalue weighted by atomic mass is 127. The molecule has 0 radical (unpaired) electrons. The lowest BCUT2D eigenvalue weighted by molar-refractivity contribution is 0.260. The van der Waals surface area contributed by atoms with Gasteiger partial charge in [-0.15, -0.1) is 24.0 Å². The zero-order chi connectivity index (χ0) is 19.4. The molecule has 2 N–H and O–H groups in total. The molecular formula is C19H29FIN3O3S. The Morgan fingerprint density at radius 2 is 2.14 bits per heavy atom. The Kier molecular flexibility index (Phi) is 8.35. The van der Waals surface area contributed by atoms with E-state index >= 15 is 0 Å². The predicted molar refractivity (Wildman–Crippen MR) is 120 cm³/mol. The molecule has 28 heavy (non-hydrogen) atoms. The van der Waals surface area contributed by atoms with Crippen LogP contribution in [-0.4, -0.2) is 45.6 Å². The first-order valence-electron chi connectivity index (χ1n) is 9.50. The summed E-state index contributed by atoms with van der Waals surface area (Å²) >= 11 is 0. The third-order valence-electron chi connectivity index (χ3n) is 4.82. The summed E-state index contributed by atoms with van der Waals surface area (Å²) < 4.78 is 42.6. The topological polar surface area (TPSA) is 79.8 Å². The molecule has 1 fully saturated rings. The smallest absolute Gasteiger partial charge is 0.191 e. The van der Waals surface area contributed by atoms with Gasteiger partial charge in [0.2, 0.25) is 0 Å². The normalized spacial score (nSPS) is 23.5. The van der Waals surface area contributed by atoms with Gasteiger partial charge in [0.25, 0.3) is 0 Å². The van der Waals surface area contributed by atoms with Gasteiger partial charge in [-0.25, -0.2) is 12.8 Å². The van der Waals surface area contributed by atoms with E-state index < -0.39 is 9.84 Å². The summed E-state index contributed by atoms with van der Waals surface area (Å²) in [5.74, 6) is 2.01. The second-order valence-corrected chi connectivity index (χ2v) is 9.98. The number of ether oxygens (including phenoxy) is 1. The molecule has 9 heteroatoms. The van der Waals surface area contributed by atoms with E-state index in [0.717, 1.165) is 5.56 Å². The largest absolute Gasteiger partial charge is 0.493 e. The summed E-state index contributed by atoms with van der Waals surface area (Å²) in [6, 6.07) is 4.44. The maximum Gasteiger partial charge on any atom is 0.191 e. The molecule has 158 valence electrons. The van der Waals surface area contributed by atoms with Gasteiger partial charge >= 0.3 is 0 Å². The van der Waals surface area contributed by atoms with E-state index in [1.54, 1.807) is 6.07 Å². The molecule has 0 amide bonds. The second kappa shape index (κ2) is 10.1. The highest BCUT2D eigenvalue weighted by Crippen LogP contribution is 2.32. The van der Waals surface area contributed by atoms with E-state index in [4.69, 9.17) is 4.74 Å². The Hall–Kier alpha value is -1.10. The highest BCUT2D eigenvalue weighted by Gasteiger charge is 2.28. The molecule has 0 bridgehead atoms. The van der Waals surface area contributed by atoms with E-state index in [2.05, 4.69) is 29.5 Å². The van der Waals surface area contributed by atoms with E-state index in [1.165, 1.54) is 12.1 Å². The van der Waals surface area contributed by atoms with Crippen molar-refractivity contribution in [3.63, 3.8) is 0 Å². The van der Waals surface area contributed by atoms with Gasteiger partial charge in [0.15, 0.2) is 15.8 Å². The van der Waals surface area contributed by atoms with Gasteiger partial charge in [0.1, 0.15) is 11.6 Å². The molecular weight excluding hydrogens is 496 g/mol. The van der Waals surface area contributed by atoms with Crippen LogP contribution in [0.3, 0.4) is 0 Å². The lowest BCUT2D eigenvalue weighted by atomic mass is 10.0. The predicted octanol–water partition coefficient (Wildman–Crippen LogP) is 2.89. The van der Waals surface area contributed by atoms with Crippen LogP contribution in [-0.2, 0) is 9.84 Å². The third-order valence-corrected chi connectivity index (χ3v) is 6.66. The van der Waals surface area contributed by atoms with Crippen molar-refractivity contribution in [2.75, 3.05) is 31.2 Å². The highest BCUT2D eigenvalue weighted by molar-refractivity contribution is 14.0. The minimum Gasteiger partial charge on any atom is -0.493 e. The summed E-state index contributed by atoms with van der Waals surface area (Å²) in [5.41, 5.74) is 0.781. The number of hydrogen-bond donors (Lipinski definition) is 2. The van der Waals surface area contributed by atoms with Crippen LogP contribution in [0.5, 0.6) is 5.75 Å². The number of benzene rings is 1. The summed E-state index contributed by atoms with van der Waals surface area (Å²) in [6.45, 7) is 5.93. The average Bonchev–Trinajstić information content (AvgIpc) is 2.96. The fraction of sp³-hybridized carbons (Fsp3) is 0.632.